The van der Waals surface area contributed by atoms with E-state index in [9.17, 15) is 4.79 Å². The van der Waals surface area contributed by atoms with Crippen molar-refractivity contribution in [3.63, 3.8) is 0 Å². The minimum absolute atomic E-state index is 0.115. The van der Waals surface area contributed by atoms with Crippen molar-refractivity contribution in [1.29, 1.82) is 0 Å². The van der Waals surface area contributed by atoms with Gasteiger partial charge in [-0.25, -0.2) is 0 Å². The zero-order valence-corrected chi connectivity index (χ0v) is 14.9. The van der Waals surface area contributed by atoms with Gasteiger partial charge in [0, 0.05) is 36.7 Å². The Labute approximate surface area is 146 Å². The van der Waals surface area contributed by atoms with Gasteiger partial charge in [-0.15, -0.1) is 0 Å². The van der Waals surface area contributed by atoms with Gasteiger partial charge in [0.1, 0.15) is 0 Å². The molecule has 1 unspecified atom stereocenters. The monoisotopic (exact) mass is 372 g/mol. The van der Waals surface area contributed by atoms with Crippen LogP contribution in [-0.4, -0.2) is 41.9 Å². The Morgan fingerprint density at radius 2 is 1.57 bits per heavy atom. The first-order valence-corrected chi connectivity index (χ1v) is 8.79. The molecule has 23 heavy (non-hydrogen) atoms. The third kappa shape index (κ3) is 3.65. The van der Waals surface area contributed by atoms with Crippen LogP contribution in [0.2, 0.25) is 0 Å². The largest absolute Gasteiger partial charge is 0.336 e. The lowest BCUT2D eigenvalue weighted by molar-refractivity contribution is 0.0581. The lowest BCUT2D eigenvalue weighted by atomic mass is 10.1. The zero-order chi connectivity index (χ0) is 16.2. The molecule has 1 amide bonds. The van der Waals surface area contributed by atoms with E-state index < -0.39 is 0 Å². The molecular weight excluding hydrogens is 352 g/mol. The van der Waals surface area contributed by atoms with E-state index in [4.69, 9.17) is 0 Å². The average molecular weight is 373 g/mol. The first-order chi connectivity index (χ1) is 11.2. The molecule has 2 aromatic rings. The normalized spacial score (nSPS) is 17.0. The molecule has 3 nitrogen and oxygen atoms in total. The number of piperazine rings is 1. The topological polar surface area (TPSA) is 23.6 Å². The highest BCUT2D eigenvalue weighted by atomic mass is 79.9. The molecule has 0 saturated carbocycles. The van der Waals surface area contributed by atoms with E-state index in [-0.39, 0.29) is 5.91 Å². The number of carbonyl (C=O) groups excluding carboxylic acids is 1. The fourth-order valence-corrected chi connectivity index (χ4v) is 3.51. The second kappa shape index (κ2) is 7.28. The summed E-state index contributed by atoms with van der Waals surface area (Å²) in [5.74, 6) is 0.115. The molecule has 0 aliphatic carbocycles. The predicted octanol–water partition coefficient (Wildman–Crippen LogP) is 3.97. The van der Waals surface area contributed by atoms with Crippen LogP contribution in [0.3, 0.4) is 0 Å². The van der Waals surface area contributed by atoms with Gasteiger partial charge in [-0.3, -0.25) is 9.69 Å². The standard InChI is InChI=1S/C19H21BrN2O/c1-15(16-7-3-2-4-8-16)21-11-13-22(14-12-21)19(23)17-9-5-6-10-18(17)20/h2-10,15H,11-14H2,1H3. The molecule has 2 aromatic carbocycles. The second-order valence-corrected chi connectivity index (χ2v) is 6.75. The summed E-state index contributed by atoms with van der Waals surface area (Å²) in [6.45, 7) is 5.60. The van der Waals surface area contributed by atoms with Crippen LogP contribution in [0.15, 0.2) is 59.1 Å². The van der Waals surface area contributed by atoms with Gasteiger partial charge in [0.05, 0.1) is 5.56 Å². The minimum Gasteiger partial charge on any atom is -0.336 e. The minimum atomic E-state index is 0.115. The van der Waals surface area contributed by atoms with Crippen molar-refractivity contribution in [2.24, 2.45) is 0 Å². The van der Waals surface area contributed by atoms with Crippen molar-refractivity contribution in [2.75, 3.05) is 26.2 Å². The van der Waals surface area contributed by atoms with Gasteiger partial charge < -0.3 is 4.90 Å². The molecule has 1 aliphatic heterocycles. The van der Waals surface area contributed by atoms with Crippen molar-refractivity contribution in [3.8, 4) is 0 Å². The van der Waals surface area contributed by atoms with E-state index in [0.717, 1.165) is 36.2 Å². The number of benzene rings is 2. The number of nitrogens with zero attached hydrogens (tertiary/aromatic N) is 2. The van der Waals surface area contributed by atoms with Gasteiger partial charge >= 0.3 is 0 Å². The van der Waals surface area contributed by atoms with Gasteiger partial charge in [-0.2, -0.15) is 0 Å². The lowest BCUT2D eigenvalue weighted by Gasteiger charge is -2.38. The van der Waals surface area contributed by atoms with Crippen molar-refractivity contribution in [3.05, 3.63) is 70.2 Å². The van der Waals surface area contributed by atoms with Gasteiger partial charge in [0.2, 0.25) is 0 Å². The van der Waals surface area contributed by atoms with Gasteiger partial charge in [0.25, 0.3) is 5.91 Å². The first kappa shape index (κ1) is 16.2. The number of carbonyl (C=O) groups is 1. The summed E-state index contributed by atoms with van der Waals surface area (Å²) in [6, 6.07) is 18.6. The molecule has 0 aromatic heterocycles. The maximum absolute atomic E-state index is 12.6. The van der Waals surface area contributed by atoms with E-state index >= 15 is 0 Å². The van der Waals surface area contributed by atoms with Crippen molar-refractivity contribution in [1.82, 2.24) is 9.80 Å². The SMILES string of the molecule is CC(c1ccccc1)N1CCN(C(=O)c2ccccc2Br)CC1. The molecule has 1 aliphatic rings. The average Bonchev–Trinajstić information content (AvgIpc) is 2.62. The van der Waals surface area contributed by atoms with E-state index in [0.29, 0.717) is 6.04 Å². The molecule has 120 valence electrons. The molecule has 1 atom stereocenters. The van der Waals surface area contributed by atoms with Crippen LogP contribution in [0.4, 0.5) is 0 Å². The van der Waals surface area contributed by atoms with Gasteiger partial charge in [-0.05, 0) is 40.5 Å². The fraction of sp³-hybridized carbons (Fsp3) is 0.316. The molecule has 0 N–H and O–H groups in total. The summed E-state index contributed by atoms with van der Waals surface area (Å²) < 4.78 is 0.866. The Morgan fingerprint density at radius 1 is 0.957 bits per heavy atom. The molecule has 1 fully saturated rings. The highest BCUT2D eigenvalue weighted by Gasteiger charge is 2.26. The number of hydrogen-bond donors (Lipinski definition) is 0. The Hall–Kier alpha value is -1.65. The molecule has 1 heterocycles. The highest BCUT2D eigenvalue weighted by molar-refractivity contribution is 9.10. The Kier molecular flexibility index (Phi) is 5.13. The van der Waals surface area contributed by atoms with Crippen LogP contribution in [0, 0.1) is 0 Å². The van der Waals surface area contributed by atoms with Crippen LogP contribution in [0.1, 0.15) is 28.9 Å². The van der Waals surface area contributed by atoms with Crippen LogP contribution in [-0.2, 0) is 0 Å². The summed E-state index contributed by atoms with van der Waals surface area (Å²) in [4.78, 5) is 17.0. The summed E-state index contributed by atoms with van der Waals surface area (Å²) in [5.41, 5.74) is 2.08. The number of halogens is 1. The molecule has 0 radical (unpaired) electrons. The Balaban J connectivity index is 1.62. The third-order valence-electron chi connectivity index (χ3n) is 4.54. The molecule has 3 rings (SSSR count). The number of hydrogen-bond acceptors (Lipinski definition) is 2. The quantitative estimate of drug-likeness (QED) is 0.813. The predicted molar refractivity (Wildman–Crippen MR) is 96.5 cm³/mol. The molecule has 4 heteroatoms. The Morgan fingerprint density at radius 3 is 2.22 bits per heavy atom. The van der Waals surface area contributed by atoms with Crippen LogP contribution >= 0.6 is 15.9 Å². The second-order valence-electron chi connectivity index (χ2n) is 5.89. The summed E-state index contributed by atoms with van der Waals surface area (Å²) >= 11 is 3.47. The third-order valence-corrected chi connectivity index (χ3v) is 5.23. The van der Waals surface area contributed by atoms with Crippen molar-refractivity contribution < 1.29 is 4.79 Å². The van der Waals surface area contributed by atoms with E-state index in [1.165, 1.54) is 5.56 Å². The smallest absolute Gasteiger partial charge is 0.255 e. The maximum Gasteiger partial charge on any atom is 0.255 e. The molecule has 1 saturated heterocycles. The molecule has 0 bridgehead atoms. The fourth-order valence-electron chi connectivity index (χ4n) is 3.06. The van der Waals surface area contributed by atoms with Crippen LogP contribution < -0.4 is 0 Å². The van der Waals surface area contributed by atoms with E-state index in [2.05, 4.69) is 52.0 Å². The number of rotatable bonds is 3. The zero-order valence-electron chi connectivity index (χ0n) is 13.3. The van der Waals surface area contributed by atoms with E-state index in [1.807, 2.05) is 35.2 Å². The summed E-state index contributed by atoms with van der Waals surface area (Å²) in [7, 11) is 0. The van der Waals surface area contributed by atoms with Crippen molar-refractivity contribution >= 4 is 21.8 Å². The summed E-state index contributed by atoms with van der Waals surface area (Å²) in [5, 5.41) is 0. The first-order valence-electron chi connectivity index (χ1n) is 7.99. The molecular formula is C19H21BrN2O. The van der Waals surface area contributed by atoms with E-state index in [1.54, 1.807) is 0 Å². The van der Waals surface area contributed by atoms with Gasteiger partial charge in [0.15, 0.2) is 0 Å². The van der Waals surface area contributed by atoms with Crippen LogP contribution in [0.25, 0.3) is 0 Å². The lowest BCUT2D eigenvalue weighted by Crippen LogP contribution is -2.49. The Bertz CT molecular complexity index is 666. The highest BCUT2D eigenvalue weighted by Crippen LogP contribution is 2.23. The van der Waals surface area contributed by atoms with Crippen molar-refractivity contribution in [2.45, 2.75) is 13.0 Å². The van der Waals surface area contributed by atoms with Crippen LogP contribution in [0.5, 0.6) is 0 Å². The molecule has 0 spiro atoms. The maximum atomic E-state index is 12.6. The number of amides is 1. The van der Waals surface area contributed by atoms with Gasteiger partial charge in [-0.1, -0.05) is 42.5 Å². The summed E-state index contributed by atoms with van der Waals surface area (Å²) in [6.07, 6.45) is 0.